The van der Waals surface area contributed by atoms with Crippen molar-refractivity contribution < 1.29 is 17.8 Å². The van der Waals surface area contributed by atoms with Crippen LogP contribution in [0.1, 0.15) is 0 Å². The predicted molar refractivity (Wildman–Crippen MR) is 60.0 cm³/mol. The summed E-state index contributed by atoms with van der Waals surface area (Å²) in [6, 6.07) is 6.69. The molecule has 15 heavy (non-hydrogen) atoms. The van der Waals surface area contributed by atoms with Gasteiger partial charge in [-0.15, -0.1) is 0 Å². The van der Waals surface area contributed by atoms with Gasteiger partial charge in [-0.1, -0.05) is 12.1 Å². The number of hydrogen-bond acceptors (Lipinski definition) is 4. The minimum Gasteiger partial charge on any atom is -0.309 e. The number of rotatable bonds is 4. The minimum absolute atomic E-state index is 0.357. The van der Waals surface area contributed by atoms with Gasteiger partial charge in [-0.05, 0) is 12.1 Å². The maximum absolute atomic E-state index is 12.1. The fraction of sp³-hybridized carbons (Fsp3) is 0.333. The molecule has 0 saturated heterocycles. The Labute approximate surface area is 91.6 Å². The van der Waals surface area contributed by atoms with Crippen LogP contribution in [0.3, 0.4) is 0 Å². The first-order chi connectivity index (χ1) is 7.05. The molecule has 0 aliphatic rings. The van der Waals surface area contributed by atoms with Gasteiger partial charge in [0.2, 0.25) is 0 Å². The summed E-state index contributed by atoms with van der Waals surface area (Å²) in [5, 5.41) is 0.357. The van der Waals surface area contributed by atoms with Crippen molar-refractivity contribution in [3.05, 3.63) is 24.3 Å². The van der Waals surface area contributed by atoms with Crippen LogP contribution in [-0.2, 0) is 24.4 Å². The van der Waals surface area contributed by atoms with Crippen LogP contribution in [0.2, 0.25) is 0 Å². The molecule has 0 aliphatic heterocycles. The maximum Gasteiger partial charge on any atom is 0.362 e. The fourth-order valence-electron chi connectivity index (χ4n) is 1.20. The van der Waals surface area contributed by atoms with Crippen molar-refractivity contribution >= 4 is 23.7 Å². The van der Waals surface area contributed by atoms with E-state index >= 15 is 0 Å². The molecule has 4 nitrogen and oxygen atoms in total. The van der Waals surface area contributed by atoms with E-state index in [1.54, 1.807) is 24.3 Å². The Bertz CT molecular complexity index is 410. The normalized spacial score (nSPS) is 13.8. The Hall–Kier alpha value is -0.480. The van der Waals surface area contributed by atoms with Crippen molar-refractivity contribution in [3.8, 4) is 0 Å². The number of hydrogen-bond donors (Lipinski definition) is 0. The quantitative estimate of drug-likeness (QED) is 0.758. The van der Waals surface area contributed by atoms with Crippen LogP contribution in [0.25, 0.3) is 0 Å². The lowest BCUT2D eigenvalue weighted by Gasteiger charge is -2.15. The smallest absolute Gasteiger partial charge is 0.309 e. The molecule has 1 unspecified atom stereocenters. The molecule has 0 aromatic heterocycles. The van der Waals surface area contributed by atoms with Crippen LogP contribution in [0.5, 0.6) is 0 Å². The van der Waals surface area contributed by atoms with Crippen LogP contribution >= 0.6 is 7.60 Å². The topological polar surface area (TPSA) is 52.6 Å². The van der Waals surface area contributed by atoms with E-state index in [1.165, 1.54) is 20.5 Å². The molecule has 1 atom stereocenters. The summed E-state index contributed by atoms with van der Waals surface area (Å²) in [6.07, 6.45) is 1.52. The van der Waals surface area contributed by atoms with Gasteiger partial charge in [0.1, 0.15) is 0 Å². The lowest BCUT2D eigenvalue weighted by Crippen LogP contribution is -2.14. The fourth-order valence-corrected chi connectivity index (χ4v) is 3.71. The van der Waals surface area contributed by atoms with Gasteiger partial charge in [0.15, 0.2) is 0 Å². The second-order valence-corrected chi connectivity index (χ2v) is 6.34. The summed E-state index contributed by atoms with van der Waals surface area (Å²) >= 11 is 0. The summed E-state index contributed by atoms with van der Waals surface area (Å²) in [4.78, 5) is 0.476. The second kappa shape index (κ2) is 5.03. The molecular weight excluding hydrogens is 235 g/mol. The van der Waals surface area contributed by atoms with E-state index in [4.69, 9.17) is 9.05 Å². The zero-order valence-corrected chi connectivity index (χ0v) is 10.5. The molecule has 0 aliphatic carbocycles. The molecule has 1 aromatic carbocycles. The molecule has 1 rings (SSSR count). The van der Waals surface area contributed by atoms with Crippen molar-refractivity contribution in [2.24, 2.45) is 0 Å². The summed E-state index contributed by atoms with van der Waals surface area (Å²) in [6.45, 7) is 0. The van der Waals surface area contributed by atoms with E-state index in [1.807, 2.05) is 0 Å². The third-order valence-electron chi connectivity index (χ3n) is 1.95. The first-order valence-electron chi connectivity index (χ1n) is 4.19. The molecule has 6 heteroatoms. The van der Waals surface area contributed by atoms with Gasteiger partial charge in [-0.2, -0.15) is 0 Å². The van der Waals surface area contributed by atoms with Gasteiger partial charge >= 0.3 is 7.60 Å². The molecule has 0 fully saturated rings. The molecule has 0 spiro atoms. The highest BCUT2D eigenvalue weighted by Gasteiger charge is 2.28. The highest BCUT2D eigenvalue weighted by Crippen LogP contribution is 2.46. The zero-order chi connectivity index (χ0) is 11.5. The average Bonchev–Trinajstić information content (AvgIpc) is 2.28. The van der Waals surface area contributed by atoms with Crippen LogP contribution < -0.4 is 5.30 Å². The van der Waals surface area contributed by atoms with Gasteiger partial charge in [0, 0.05) is 20.5 Å². The van der Waals surface area contributed by atoms with Gasteiger partial charge in [0.25, 0.3) is 0 Å². The van der Waals surface area contributed by atoms with E-state index in [-0.39, 0.29) is 0 Å². The highest BCUT2D eigenvalue weighted by molar-refractivity contribution is 7.85. The summed E-state index contributed by atoms with van der Waals surface area (Å²) in [5.74, 6) is 0. The number of benzene rings is 1. The summed E-state index contributed by atoms with van der Waals surface area (Å²) < 4.78 is 33.2. The van der Waals surface area contributed by atoms with Gasteiger partial charge in [0.05, 0.1) is 21.0 Å². The third kappa shape index (κ3) is 2.55. The van der Waals surface area contributed by atoms with E-state index in [0.717, 1.165) is 0 Å². The van der Waals surface area contributed by atoms with Crippen LogP contribution in [0, 0.1) is 0 Å². The van der Waals surface area contributed by atoms with Crippen molar-refractivity contribution in [1.29, 1.82) is 0 Å². The van der Waals surface area contributed by atoms with Gasteiger partial charge < -0.3 is 9.05 Å². The van der Waals surface area contributed by atoms with Gasteiger partial charge in [-0.3, -0.25) is 8.77 Å². The first kappa shape index (κ1) is 12.6. The Kier molecular flexibility index (Phi) is 4.22. The van der Waals surface area contributed by atoms with E-state index in [2.05, 4.69) is 0 Å². The van der Waals surface area contributed by atoms with Crippen LogP contribution in [0.15, 0.2) is 29.2 Å². The molecule has 0 saturated carbocycles. The standard InChI is InChI=1S/C9H13O4PS/c1-12-14(10,13-2)8-6-4-5-7-9(8)15(3)11/h4-7H,1-3H3. The van der Waals surface area contributed by atoms with E-state index < -0.39 is 18.4 Å². The largest absolute Gasteiger partial charge is 0.362 e. The molecule has 1 aromatic rings. The Morgan fingerprint density at radius 2 is 1.73 bits per heavy atom. The lowest BCUT2D eigenvalue weighted by atomic mass is 10.4. The Morgan fingerprint density at radius 1 is 1.20 bits per heavy atom. The molecule has 0 N–H and O–H groups in total. The van der Waals surface area contributed by atoms with Crippen molar-refractivity contribution in [1.82, 2.24) is 0 Å². The highest BCUT2D eigenvalue weighted by atomic mass is 32.2. The molecular formula is C9H13O4PS. The molecule has 0 heterocycles. The van der Waals surface area contributed by atoms with Crippen molar-refractivity contribution in [2.45, 2.75) is 4.90 Å². The monoisotopic (exact) mass is 248 g/mol. The third-order valence-corrected chi connectivity index (χ3v) is 5.02. The van der Waals surface area contributed by atoms with Crippen LogP contribution in [-0.4, -0.2) is 24.7 Å². The van der Waals surface area contributed by atoms with Gasteiger partial charge in [-0.25, -0.2) is 0 Å². The summed E-state index contributed by atoms with van der Waals surface area (Å²) in [7, 11) is -1.93. The lowest BCUT2D eigenvalue weighted by molar-refractivity contribution is 0.287. The van der Waals surface area contributed by atoms with E-state index in [0.29, 0.717) is 10.2 Å². The zero-order valence-electron chi connectivity index (χ0n) is 8.80. The molecule has 0 amide bonds. The second-order valence-electron chi connectivity index (χ2n) is 2.78. The summed E-state index contributed by atoms with van der Waals surface area (Å²) in [5.41, 5.74) is 0. The van der Waals surface area contributed by atoms with E-state index in [9.17, 15) is 8.77 Å². The SMILES string of the molecule is COP(=O)(OC)c1ccccc1S(C)=O. The first-order valence-corrected chi connectivity index (χ1v) is 7.29. The van der Waals surface area contributed by atoms with Crippen molar-refractivity contribution in [3.63, 3.8) is 0 Å². The average molecular weight is 248 g/mol. The maximum atomic E-state index is 12.1. The molecule has 0 radical (unpaired) electrons. The predicted octanol–water partition coefficient (Wildman–Crippen LogP) is 1.54. The minimum atomic E-state index is -3.32. The molecule has 84 valence electrons. The van der Waals surface area contributed by atoms with Crippen LogP contribution in [0.4, 0.5) is 0 Å². The van der Waals surface area contributed by atoms with Crippen molar-refractivity contribution in [2.75, 3.05) is 20.5 Å². The Morgan fingerprint density at radius 3 is 2.20 bits per heavy atom. The Balaban J connectivity index is 3.36. The molecule has 0 bridgehead atoms.